The van der Waals surface area contributed by atoms with Gasteiger partial charge in [0.05, 0.1) is 24.9 Å². The second kappa shape index (κ2) is 9.66. The third-order valence-corrected chi connectivity index (χ3v) is 5.06. The number of piperazine rings is 1. The molecule has 3 rings (SSSR count). The van der Waals surface area contributed by atoms with E-state index in [1.165, 1.54) is 0 Å². The van der Waals surface area contributed by atoms with Gasteiger partial charge in [-0.15, -0.1) is 0 Å². The molecule has 148 valence electrons. The summed E-state index contributed by atoms with van der Waals surface area (Å²) in [5.74, 6) is 0.0210. The van der Waals surface area contributed by atoms with E-state index in [-0.39, 0.29) is 24.5 Å². The first kappa shape index (κ1) is 19.6. The Hall–Kier alpha value is -2.19. The number of amides is 3. The molecule has 0 radical (unpaired) electrons. The minimum Gasteiger partial charge on any atom is -0.379 e. The average molecular weight is 375 g/mol. The normalized spacial score (nSPS) is 19.8. The van der Waals surface area contributed by atoms with Crippen molar-refractivity contribution in [1.29, 1.82) is 0 Å². The molecule has 1 unspecified atom stereocenters. The molecule has 8 nitrogen and oxygen atoms in total. The van der Waals surface area contributed by atoms with E-state index < -0.39 is 0 Å². The van der Waals surface area contributed by atoms with Crippen molar-refractivity contribution in [3.63, 3.8) is 0 Å². The molecule has 2 aliphatic rings. The highest BCUT2D eigenvalue weighted by Gasteiger charge is 2.28. The number of hydrogen-bond acceptors (Lipinski definition) is 5. The van der Waals surface area contributed by atoms with E-state index >= 15 is 0 Å². The van der Waals surface area contributed by atoms with E-state index in [9.17, 15) is 9.59 Å². The lowest BCUT2D eigenvalue weighted by Crippen LogP contribution is -2.55. The Morgan fingerprint density at radius 2 is 2.07 bits per heavy atom. The van der Waals surface area contributed by atoms with Crippen LogP contribution in [0.3, 0.4) is 0 Å². The first-order chi connectivity index (χ1) is 13.2. The number of aromatic nitrogens is 1. The maximum Gasteiger partial charge on any atom is 0.317 e. The van der Waals surface area contributed by atoms with Crippen LogP contribution < -0.4 is 5.32 Å². The summed E-state index contributed by atoms with van der Waals surface area (Å²) in [5, 5.41) is 3.01. The highest BCUT2D eigenvalue weighted by atomic mass is 16.5. The van der Waals surface area contributed by atoms with Gasteiger partial charge in [-0.3, -0.25) is 14.7 Å². The van der Waals surface area contributed by atoms with E-state index in [0.29, 0.717) is 32.8 Å². The minimum atomic E-state index is -0.186. The van der Waals surface area contributed by atoms with Crippen LogP contribution in [-0.2, 0) is 9.53 Å². The molecule has 8 heteroatoms. The molecule has 0 spiro atoms. The van der Waals surface area contributed by atoms with Crippen molar-refractivity contribution in [2.24, 2.45) is 0 Å². The smallest absolute Gasteiger partial charge is 0.317 e. The Morgan fingerprint density at radius 3 is 2.74 bits per heavy atom. The Morgan fingerprint density at radius 1 is 1.26 bits per heavy atom. The van der Waals surface area contributed by atoms with Crippen molar-refractivity contribution < 1.29 is 14.3 Å². The molecule has 1 aromatic rings. The van der Waals surface area contributed by atoms with Crippen LogP contribution in [0.1, 0.15) is 25.1 Å². The van der Waals surface area contributed by atoms with Gasteiger partial charge in [-0.2, -0.15) is 0 Å². The van der Waals surface area contributed by atoms with E-state index in [0.717, 1.165) is 31.7 Å². The predicted octanol–water partition coefficient (Wildman–Crippen LogP) is 0.719. The van der Waals surface area contributed by atoms with Crippen LogP contribution in [0.2, 0.25) is 0 Å². The van der Waals surface area contributed by atoms with Gasteiger partial charge in [0, 0.05) is 45.5 Å². The van der Waals surface area contributed by atoms with E-state index in [1.807, 2.05) is 23.1 Å². The standard InChI is InChI=1S/C19H29N5O3/c1-2-7-23-8-9-24(15-18(23)25)19(26)21-14-17(16-5-3-4-6-20-16)22-10-12-27-13-11-22/h3-6,17H,2,7-15H2,1H3,(H,21,26). The van der Waals surface area contributed by atoms with Gasteiger partial charge >= 0.3 is 6.03 Å². The van der Waals surface area contributed by atoms with Crippen LogP contribution in [0, 0.1) is 0 Å². The van der Waals surface area contributed by atoms with Crippen LogP contribution in [-0.4, -0.2) is 90.6 Å². The second-order valence-corrected chi connectivity index (χ2v) is 6.91. The lowest BCUT2D eigenvalue weighted by molar-refractivity contribution is -0.134. The monoisotopic (exact) mass is 375 g/mol. The molecule has 1 N–H and O–H groups in total. The van der Waals surface area contributed by atoms with Crippen LogP contribution in [0.5, 0.6) is 0 Å². The summed E-state index contributed by atoms with van der Waals surface area (Å²) >= 11 is 0. The number of urea groups is 1. The molecule has 1 aromatic heterocycles. The SMILES string of the molecule is CCCN1CCN(C(=O)NCC(c2ccccn2)N2CCOCC2)CC1=O. The van der Waals surface area contributed by atoms with Gasteiger partial charge in [-0.05, 0) is 18.6 Å². The van der Waals surface area contributed by atoms with Crippen LogP contribution >= 0.6 is 0 Å². The van der Waals surface area contributed by atoms with Gasteiger partial charge in [-0.1, -0.05) is 13.0 Å². The fourth-order valence-corrected chi connectivity index (χ4v) is 3.57. The van der Waals surface area contributed by atoms with Gasteiger partial charge in [0.2, 0.25) is 5.91 Å². The largest absolute Gasteiger partial charge is 0.379 e. The van der Waals surface area contributed by atoms with Crippen molar-refractivity contribution in [2.75, 3.05) is 59.0 Å². The molecule has 0 aromatic carbocycles. The van der Waals surface area contributed by atoms with Crippen LogP contribution in [0.15, 0.2) is 24.4 Å². The summed E-state index contributed by atoms with van der Waals surface area (Å²) in [6.45, 7) is 7.59. The molecule has 2 aliphatic heterocycles. The van der Waals surface area contributed by atoms with E-state index in [1.54, 1.807) is 11.1 Å². The highest BCUT2D eigenvalue weighted by Crippen LogP contribution is 2.19. The predicted molar refractivity (Wildman–Crippen MR) is 101 cm³/mol. The summed E-state index contributed by atoms with van der Waals surface area (Å²) < 4.78 is 5.45. The Balaban J connectivity index is 1.58. The van der Waals surface area contributed by atoms with Gasteiger partial charge < -0.3 is 19.9 Å². The van der Waals surface area contributed by atoms with Crippen molar-refractivity contribution in [2.45, 2.75) is 19.4 Å². The summed E-state index contributed by atoms with van der Waals surface area (Å²) in [4.78, 5) is 35.0. The summed E-state index contributed by atoms with van der Waals surface area (Å²) in [6, 6.07) is 5.65. The van der Waals surface area contributed by atoms with Crippen molar-refractivity contribution in [3.8, 4) is 0 Å². The zero-order chi connectivity index (χ0) is 19.1. The van der Waals surface area contributed by atoms with Gasteiger partial charge in [-0.25, -0.2) is 4.79 Å². The number of morpholine rings is 1. The number of pyridine rings is 1. The number of carbonyl (C=O) groups excluding carboxylic acids is 2. The van der Waals surface area contributed by atoms with E-state index in [2.05, 4.69) is 22.1 Å². The Kier molecular flexibility index (Phi) is 7.00. The topological polar surface area (TPSA) is 78.0 Å². The Labute approximate surface area is 160 Å². The maximum absolute atomic E-state index is 12.6. The number of rotatable bonds is 6. The Bertz CT molecular complexity index is 621. The molecule has 1 atom stereocenters. The zero-order valence-corrected chi connectivity index (χ0v) is 16.0. The summed E-state index contributed by atoms with van der Waals surface area (Å²) in [7, 11) is 0. The lowest BCUT2D eigenvalue weighted by atomic mass is 10.1. The number of carbonyl (C=O) groups is 2. The maximum atomic E-state index is 12.6. The molecule has 27 heavy (non-hydrogen) atoms. The number of nitrogens with one attached hydrogen (secondary N) is 1. The fraction of sp³-hybridized carbons (Fsp3) is 0.632. The van der Waals surface area contributed by atoms with Gasteiger partial charge in [0.25, 0.3) is 0 Å². The van der Waals surface area contributed by atoms with Gasteiger partial charge in [0.15, 0.2) is 0 Å². The molecule has 3 heterocycles. The molecule has 0 aliphatic carbocycles. The number of nitrogens with zero attached hydrogens (tertiary/aromatic N) is 4. The first-order valence-corrected chi connectivity index (χ1v) is 9.72. The molecular weight excluding hydrogens is 346 g/mol. The van der Waals surface area contributed by atoms with Crippen LogP contribution in [0.4, 0.5) is 4.79 Å². The average Bonchev–Trinajstić information content (AvgIpc) is 2.71. The molecule has 2 saturated heterocycles. The number of hydrogen-bond donors (Lipinski definition) is 1. The van der Waals surface area contributed by atoms with Crippen molar-refractivity contribution in [1.82, 2.24) is 25.0 Å². The van der Waals surface area contributed by atoms with E-state index in [4.69, 9.17) is 4.74 Å². The third kappa shape index (κ3) is 5.17. The third-order valence-electron chi connectivity index (χ3n) is 5.06. The highest BCUT2D eigenvalue weighted by molar-refractivity contribution is 5.85. The molecule has 0 saturated carbocycles. The summed E-state index contributed by atoms with van der Waals surface area (Å²) in [5.41, 5.74) is 0.934. The molecule has 3 amide bonds. The number of ether oxygens (including phenoxy) is 1. The zero-order valence-electron chi connectivity index (χ0n) is 16.0. The summed E-state index contributed by atoms with van der Waals surface area (Å²) in [6.07, 6.45) is 2.71. The molecule has 0 bridgehead atoms. The quantitative estimate of drug-likeness (QED) is 0.793. The lowest BCUT2D eigenvalue weighted by Gasteiger charge is -2.36. The fourth-order valence-electron chi connectivity index (χ4n) is 3.57. The van der Waals surface area contributed by atoms with Crippen molar-refractivity contribution in [3.05, 3.63) is 30.1 Å². The van der Waals surface area contributed by atoms with Crippen molar-refractivity contribution >= 4 is 11.9 Å². The first-order valence-electron chi connectivity index (χ1n) is 9.72. The molecular formula is C19H29N5O3. The second-order valence-electron chi connectivity index (χ2n) is 6.91. The van der Waals surface area contributed by atoms with Crippen LogP contribution in [0.25, 0.3) is 0 Å². The minimum absolute atomic E-state index is 0.00358. The molecule has 2 fully saturated rings. The van der Waals surface area contributed by atoms with Gasteiger partial charge in [0.1, 0.15) is 6.54 Å².